The third-order valence-electron chi connectivity index (χ3n) is 3.84. The van der Waals surface area contributed by atoms with E-state index < -0.39 is 0 Å². The van der Waals surface area contributed by atoms with Crippen LogP contribution < -0.4 is 20.1 Å². The summed E-state index contributed by atoms with van der Waals surface area (Å²) in [7, 11) is 3.24. The fourth-order valence-electron chi connectivity index (χ4n) is 2.62. The number of methoxy groups -OCH3 is 2. The number of carbonyl (C=O) groups is 1. The first-order valence-electron chi connectivity index (χ1n) is 7.41. The minimum absolute atomic E-state index is 0.0987. The lowest BCUT2D eigenvalue weighted by atomic mass is 9.96. The molecule has 2 N–H and O–H groups in total. The summed E-state index contributed by atoms with van der Waals surface area (Å²) in [6.45, 7) is 2.49. The van der Waals surface area contributed by atoms with Gasteiger partial charge in [-0.05, 0) is 44.0 Å². The molecule has 0 radical (unpaired) electrons. The third-order valence-corrected chi connectivity index (χ3v) is 3.84. The van der Waals surface area contributed by atoms with Gasteiger partial charge in [-0.25, -0.2) is 0 Å². The average Bonchev–Trinajstić information content (AvgIpc) is 2.53. The van der Waals surface area contributed by atoms with Crippen LogP contribution in [0.1, 0.15) is 24.8 Å². The van der Waals surface area contributed by atoms with Gasteiger partial charge in [0.05, 0.1) is 14.2 Å². The Morgan fingerprint density at radius 2 is 2.24 bits per heavy atom. The summed E-state index contributed by atoms with van der Waals surface area (Å²) in [5, 5.41) is 6.30. The molecular formula is C16H24N2O3. The topological polar surface area (TPSA) is 59.6 Å². The van der Waals surface area contributed by atoms with Crippen LogP contribution in [0, 0.1) is 5.92 Å². The van der Waals surface area contributed by atoms with Crippen molar-refractivity contribution >= 4 is 5.91 Å². The van der Waals surface area contributed by atoms with Gasteiger partial charge < -0.3 is 20.1 Å². The Morgan fingerprint density at radius 1 is 1.38 bits per heavy atom. The van der Waals surface area contributed by atoms with Crippen LogP contribution in [-0.4, -0.2) is 33.2 Å². The van der Waals surface area contributed by atoms with E-state index in [0.717, 1.165) is 43.0 Å². The summed E-state index contributed by atoms with van der Waals surface area (Å²) in [5.74, 6) is 2.03. The Morgan fingerprint density at radius 3 is 2.90 bits per heavy atom. The van der Waals surface area contributed by atoms with Crippen molar-refractivity contribution in [1.29, 1.82) is 0 Å². The molecule has 2 rings (SSSR count). The van der Waals surface area contributed by atoms with Gasteiger partial charge in [0, 0.05) is 24.6 Å². The van der Waals surface area contributed by atoms with Crippen LogP contribution in [0.3, 0.4) is 0 Å². The first-order valence-corrected chi connectivity index (χ1v) is 7.41. The quantitative estimate of drug-likeness (QED) is 0.838. The normalized spacial score (nSPS) is 18.1. The molecule has 116 valence electrons. The molecule has 1 aromatic carbocycles. The van der Waals surface area contributed by atoms with Crippen LogP contribution >= 0.6 is 0 Å². The van der Waals surface area contributed by atoms with Gasteiger partial charge in [0.25, 0.3) is 0 Å². The number of hydrogen-bond acceptors (Lipinski definition) is 4. The van der Waals surface area contributed by atoms with Crippen LogP contribution in [0.4, 0.5) is 0 Å². The second kappa shape index (κ2) is 7.88. The van der Waals surface area contributed by atoms with E-state index in [0.29, 0.717) is 18.9 Å². The zero-order valence-electron chi connectivity index (χ0n) is 12.8. The Kier molecular flexibility index (Phi) is 5.87. The third kappa shape index (κ3) is 4.63. The van der Waals surface area contributed by atoms with Crippen LogP contribution in [0.15, 0.2) is 18.2 Å². The van der Waals surface area contributed by atoms with Gasteiger partial charge in [-0.15, -0.1) is 0 Å². The molecule has 5 nitrogen and oxygen atoms in total. The first-order chi connectivity index (χ1) is 10.2. The highest BCUT2D eigenvalue weighted by atomic mass is 16.5. The highest BCUT2D eigenvalue weighted by Gasteiger charge is 2.16. The standard InChI is InChI=1S/C16H24N2O3/c1-20-14-6-5-13(15(9-14)21-2)11-18-16(19)8-12-4-3-7-17-10-12/h5-6,9,12,17H,3-4,7-8,10-11H2,1-2H3,(H,18,19). The molecular weight excluding hydrogens is 268 g/mol. The van der Waals surface area contributed by atoms with Gasteiger partial charge in [0.15, 0.2) is 0 Å². The molecule has 0 bridgehead atoms. The molecule has 0 spiro atoms. The second-order valence-electron chi connectivity index (χ2n) is 5.37. The van der Waals surface area contributed by atoms with E-state index in [4.69, 9.17) is 9.47 Å². The zero-order valence-corrected chi connectivity index (χ0v) is 12.8. The highest BCUT2D eigenvalue weighted by molar-refractivity contribution is 5.76. The molecule has 21 heavy (non-hydrogen) atoms. The van der Waals surface area contributed by atoms with Gasteiger partial charge in [0.2, 0.25) is 5.91 Å². The molecule has 1 aliphatic rings. The predicted molar refractivity (Wildman–Crippen MR) is 81.6 cm³/mol. The smallest absolute Gasteiger partial charge is 0.220 e. The number of nitrogens with one attached hydrogen (secondary N) is 2. The van der Waals surface area contributed by atoms with Crippen molar-refractivity contribution in [1.82, 2.24) is 10.6 Å². The maximum absolute atomic E-state index is 12.0. The lowest BCUT2D eigenvalue weighted by Gasteiger charge is -2.22. The summed E-state index contributed by atoms with van der Waals surface area (Å²) in [6, 6.07) is 5.61. The van der Waals surface area contributed by atoms with Crippen molar-refractivity contribution in [3.8, 4) is 11.5 Å². The Labute approximate surface area is 126 Å². The average molecular weight is 292 g/mol. The van der Waals surface area contributed by atoms with Crippen molar-refractivity contribution in [2.45, 2.75) is 25.8 Å². The van der Waals surface area contributed by atoms with Gasteiger partial charge in [0.1, 0.15) is 11.5 Å². The fourth-order valence-corrected chi connectivity index (χ4v) is 2.62. The van der Waals surface area contributed by atoms with Crippen molar-refractivity contribution in [3.63, 3.8) is 0 Å². The molecule has 1 amide bonds. The van der Waals surface area contributed by atoms with Crippen LogP contribution in [0.25, 0.3) is 0 Å². The largest absolute Gasteiger partial charge is 0.497 e. The lowest BCUT2D eigenvalue weighted by Crippen LogP contribution is -2.34. The maximum Gasteiger partial charge on any atom is 0.220 e. The molecule has 5 heteroatoms. The summed E-state index contributed by atoms with van der Waals surface area (Å²) in [5.41, 5.74) is 0.952. The number of hydrogen-bond donors (Lipinski definition) is 2. The number of rotatable bonds is 6. The monoisotopic (exact) mass is 292 g/mol. The van der Waals surface area contributed by atoms with Gasteiger partial charge in [-0.2, -0.15) is 0 Å². The first kappa shape index (κ1) is 15.6. The van der Waals surface area contributed by atoms with E-state index in [1.807, 2.05) is 18.2 Å². The van der Waals surface area contributed by atoms with Crippen LogP contribution in [0.5, 0.6) is 11.5 Å². The van der Waals surface area contributed by atoms with Gasteiger partial charge in [-0.1, -0.05) is 0 Å². The van der Waals surface area contributed by atoms with E-state index in [9.17, 15) is 4.79 Å². The number of carbonyl (C=O) groups excluding carboxylic acids is 1. The molecule has 0 saturated carbocycles. The summed E-state index contributed by atoms with van der Waals surface area (Å²) < 4.78 is 10.5. The van der Waals surface area contributed by atoms with Crippen LogP contribution in [0.2, 0.25) is 0 Å². The van der Waals surface area contributed by atoms with E-state index in [-0.39, 0.29) is 5.91 Å². The molecule has 1 aromatic rings. The number of benzene rings is 1. The molecule has 0 aliphatic carbocycles. The molecule has 1 aliphatic heterocycles. The van der Waals surface area contributed by atoms with Gasteiger partial charge >= 0.3 is 0 Å². The van der Waals surface area contributed by atoms with Crippen LogP contribution in [-0.2, 0) is 11.3 Å². The lowest BCUT2D eigenvalue weighted by molar-refractivity contribution is -0.122. The Bertz CT molecular complexity index is 471. The number of ether oxygens (including phenoxy) is 2. The summed E-state index contributed by atoms with van der Waals surface area (Å²) >= 11 is 0. The predicted octanol–water partition coefficient (Wildman–Crippen LogP) is 1.71. The Balaban J connectivity index is 1.85. The summed E-state index contributed by atoms with van der Waals surface area (Å²) in [4.78, 5) is 12.0. The number of piperidine rings is 1. The molecule has 1 saturated heterocycles. The van der Waals surface area contributed by atoms with E-state index in [1.54, 1.807) is 14.2 Å². The van der Waals surface area contributed by atoms with E-state index >= 15 is 0 Å². The zero-order chi connectivity index (χ0) is 15.1. The second-order valence-corrected chi connectivity index (χ2v) is 5.37. The van der Waals surface area contributed by atoms with Crippen molar-refractivity contribution in [2.24, 2.45) is 5.92 Å². The fraction of sp³-hybridized carbons (Fsp3) is 0.562. The molecule has 1 fully saturated rings. The Hall–Kier alpha value is -1.75. The molecule has 1 heterocycles. The minimum atomic E-state index is 0.0987. The SMILES string of the molecule is COc1ccc(CNC(=O)CC2CCCNC2)c(OC)c1. The van der Waals surface area contributed by atoms with Crippen molar-refractivity contribution in [3.05, 3.63) is 23.8 Å². The van der Waals surface area contributed by atoms with Crippen molar-refractivity contribution < 1.29 is 14.3 Å². The minimum Gasteiger partial charge on any atom is -0.497 e. The summed E-state index contributed by atoms with van der Waals surface area (Å²) in [6.07, 6.45) is 2.88. The van der Waals surface area contributed by atoms with E-state index in [2.05, 4.69) is 10.6 Å². The highest BCUT2D eigenvalue weighted by Crippen LogP contribution is 2.24. The molecule has 1 unspecified atom stereocenters. The molecule has 0 aromatic heterocycles. The van der Waals surface area contributed by atoms with Gasteiger partial charge in [-0.3, -0.25) is 4.79 Å². The van der Waals surface area contributed by atoms with E-state index in [1.165, 1.54) is 0 Å². The maximum atomic E-state index is 12.0. The number of amides is 1. The van der Waals surface area contributed by atoms with Crippen molar-refractivity contribution in [2.75, 3.05) is 27.3 Å². The molecule has 1 atom stereocenters.